The SMILES string of the molecule is CCCN(CC)S(=O)(=O)[N+]1(C(=O)NC)CC(c2ccccc2)C(c2ccc(Cl)cc2)=N1. The van der Waals surface area contributed by atoms with E-state index in [2.05, 4.69) is 10.4 Å². The van der Waals surface area contributed by atoms with Crippen molar-refractivity contribution < 1.29 is 17.2 Å². The summed E-state index contributed by atoms with van der Waals surface area (Å²) in [6.07, 6.45) is 0.636. The van der Waals surface area contributed by atoms with Crippen molar-refractivity contribution in [1.82, 2.24) is 9.62 Å². The summed E-state index contributed by atoms with van der Waals surface area (Å²) >= 11 is 6.06. The van der Waals surface area contributed by atoms with Gasteiger partial charge < -0.3 is 5.32 Å². The first kappa shape index (κ1) is 23.4. The lowest BCUT2D eigenvalue weighted by Gasteiger charge is -2.30. The third-order valence-electron chi connectivity index (χ3n) is 5.44. The molecule has 1 aliphatic heterocycles. The molecular formula is C22H28ClN4O3S+. The third-order valence-corrected chi connectivity index (χ3v) is 7.94. The van der Waals surface area contributed by atoms with Crippen LogP contribution in [0.1, 0.15) is 37.3 Å². The zero-order valence-electron chi connectivity index (χ0n) is 18.0. The van der Waals surface area contributed by atoms with Crippen LogP contribution in [0.2, 0.25) is 5.02 Å². The minimum absolute atomic E-state index is 0.0236. The van der Waals surface area contributed by atoms with Gasteiger partial charge in [-0.3, -0.25) is 0 Å². The van der Waals surface area contributed by atoms with Gasteiger partial charge in [-0.15, -0.1) is 0 Å². The van der Waals surface area contributed by atoms with E-state index < -0.39 is 20.2 Å². The summed E-state index contributed by atoms with van der Waals surface area (Å²) in [7, 11) is -2.70. The summed E-state index contributed by atoms with van der Waals surface area (Å²) < 4.78 is 27.9. The maximum Gasteiger partial charge on any atom is 0.459 e. The van der Waals surface area contributed by atoms with Crippen LogP contribution in [-0.4, -0.2) is 55.1 Å². The quantitative estimate of drug-likeness (QED) is 0.631. The number of hydrogen-bond donors (Lipinski definition) is 1. The molecule has 0 fully saturated rings. The Hall–Kier alpha value is -2.26. The minimum atomic E-state index is -4.13. The van der Waals surface area contributed by atoms with Crippen LogP contribution in [0, 0.1) is 0 Å². The molecule has 2 amide bonds. The van der Waals surface area contributed by atoms with E-state index in [1.54, 1.807) is 31.2 Å². The molecule has 1 aliphatic rings. The topological polar surface area (TPSA) is 78.8 Å². The van der Waals surface area contributed by atoms with Crippen molar-refractivity contribution in [3.05, 3.63) is 70.7 Å². The molecule has 9 heteroatoms. The number of urea groups is 1. The van der Waals surface area contributed by atoms with E-state index in [4.69, 9.17) is 11.6 Å². The van der Waals surface area contributed by atoms with Gasteiger partial charge in [-0.1, -0.05) is 73.0 Å². The molecule has 3 rings (SSSR count). The second kappa shape index (κ2) is 9.48. The second-order valence-corrected chi connectivity index (χ2v) is 9.82. The van der Waals surface area contributed by atoms with Crippen LogP contribution in [0.15, 0.2) is 59.7 Å². The molecule has 0 aromatic heterocycles. The molecule has 2 unspecified atom stereocenters. The molecule has 2 atom stereocenters. The average molecular weight is 464 g/mol. The number of carbonyl (C=O) groups excluding carboxylic acids is 1. The lowest BCUT2D eigenvalue weighted by atomic mass is 9.91. The number of amides is 2. The molecule has 1 heterocycles. The van der Waals surface area contributed by atoms with E-state index in [1.807, 2.05) is 37.3 Å². The molecule has 2 aromatic rings. The number of benzene rings is 2. The van der Waals surface area contributed by atoms with Gasteiger partial charge in [0.25, 0.3) is 0 Å². The number of nitrogens with one attached hydrogen (secondary N) is 1. The summed E-state index contributed by atoms with van der Waals surface area (Å²) in [6, 6.07) is 15.9. The van der Waals surface area contributed by atoms with Crippen molar-refractivity contribution in [3.63, 3.8) is 0 Å². The largest absolute Gasteiger partial charge is 0.459 e. The van der Waals surface area contributed by atoms with E-state index in [0.29, 0.717) is 23.7 Å². The fourth-order valence-corrected chi connectivity index (χ4v) is 5.95. The highest BCUT2D eigenvalue weighted by Crippen LogP contribution is 2.37. The Bertz CT molecular complexity index is 1060. The van der Waals surface area contributed by atoms with Crippen LogP contribution < -0.4 is 5.32 Å². The average Bonchev–Trinajstić information content (AvgIpc) is 3.20. The standard InChI is InChI=1S/C22H27ClN4O3S/c1-4-15-26(5-2)31(29,30)27(22(28)24-3)16-20(17-9-7-6-8-10-17)21(25-27)18-11-13-19(23)14-12-18/h6-14,20H,4-5,15-16H2,1-3H3/p+1. The summed E-state index contributed by atoms with van der Waals surface area (Å²) in [6.45, 7) is 4.22. The molecule has 7 nitrogen and oxygen atoms in total. The van der Waals surface area contributed by atoms with Crippen LogP contribution in [0.4, 0.5) is 4.79 Å². The monoisotopic (exact) mass is 463 g/mol. The number of halogens is 1. The normalized spacial score (nSPS) is 21.2. The summed E-state index contributed by atoms with van der Waals surface area (Å²) in [4.78, 5) is 13.1. The van der Waals surface area contributed by atoms with Gasteiger partial charge >= 0.3 is 16.2 Å². The lowest BCUT2D eigenvalue weighted by molar-refractivity contribution is -0.725. The van der Waals surface area contributed by atoms with Gasteiger partial charge in [0.15, 0.2) is 0 Å². The maximum atomic E-state index is 13.8. The van der Waals surface area contributed by atoms with E-state index in [0.717, 1.165) is 11.1 Å². The van der Waals surface area contributed by atoms with Crippen molar-refractivity contribution in [2.24, 2.45) is 5.10 Å². The van der Waals surface area contributed by atoms with Crippen LogP contribution in [-0.2, 0) is 10.2 Å². The van der Waals surface area contributed by atoms with Crippen LogP contribution in [0.3, 0.4) is 0 Å². The first-order chi connectivity index (χ1) is 14.8. The summed E-state index contributed by atoms with van der Waals surface area (Å²) in [5, 5.41) is 7.74. The van der Waals surface area contributed by atoms with Gasteiger partial charge in [0.2, 0.25) is 0 Å². The van der Waals surface area contributed by atoms with E-state index >= 15 is 0 Å². The molecule has 1 N–H and O–H groups in total. The van der Waals surface area contributed by atoms with Crippen molar-refractivity contribution in [3.8, 4) is 0 Å². The highest BCUT2D eigenvalue weighted by Gasteiger charge is 2.59. The Morgan fingerprint density at radius 3 is 2.35 bits per heavy atom. The number of quaternary nitrogens is 1. The van der Waals surface area contributed by atoms with Crippen LogP contribution >= 0.6 is 11.6 Å². The third kappa shape index (κ3) is 4.25. The Morgan fingerprint density at radius 1 is 1.16 bits per heavy atom. The first-order valence-corrected chi connectivity index (χ1v) is 12.1. The summed E-state index contributed by atoms with van der Waals surface area (Å²) in [5.74, 6) is -0.380. The Morgan fingerprint density at radius 2 is 1.81 bits per heavy atom. The predicted octanol–water partition coefficient (Wildman–Crippen LogP) is 3.97. The number of nitrogens with zero attached hydrogens (tertiary/aromatic N) is 3. The van der Waals surface area contributed by atoms with Gasteiger partial charge in [0, 0.05) is 34.7 Å². The smallest absolute Gasteiger partial charge is 0.305 e. The molecular weight excluding hydrogens is 436 g/mol. The molecule has 0 bridgehead atoms. The molecule has 0 saturated heterocycles. The van der Waals surface area contributed by atoms with Gasteiger partial charge in [0.05, 0.1) is 5.92 Å². The minimum Gasteiger partial charge on any atom is -0.305 e. The fourth-order valence-electron chi connectivity index (χ4n) is 3.88. The van der Waals surface area contributed by atoms with Gasteiger partial charge in [-0.2, -0.15) is 12.7 Å². The summed E-state index contributed by atoms with van der Waals surface area (Å²) in [5.41, 5.74) is 2.17. The molecule has 0 saturated carbocycles. The van der Waals surface area contributed by atoms with E-state index in [-0.39, 0.29) is 19.0 Å². The Labute approximate surface area is 189 Å². The molecule has 0 radical (unpaired) electrons. The van der Waals surface area contributed by atoms with Crippen molar-refractivity contribution in [2.45, 2.75) is 26.2 Å². The highest BCUT2D eigenvalue weighted by atomic mass is 35.5. The maximum absolute atomic E-state index is 13.8. The van der Waals surface area contributed by atoms with Crippen molar-refractivity contribution in [2.75, 3.05) is 26.7 Å². The Balaban J connectivity index is 2.24. The zero-order chi connectivity index (χ0) is 22.6. The number of rotatable bonds is 7. The number of hydrogen-bond acceptors (Lipinski definition) is 4. The van der Waals surface area contributed by atoms with Crippen molar-refractivity contribution in [1.29, 1.82) is 0 Å². The van der Waals surface area contributed by atoms with Crippen molar-refractivity contribution >= 4 is 33.6 Å². The van der Waals surface area contributed by atoms with E-state index in [1.165, 1.54) is 11.4 Å². The molecule has 0 spiro atoms. The van der Waals surface area contributed by atoms with Gasteiger partial charge in [-0.25, -0.2) is 4.79 Å². The van der Waals surface area contributed by atoms with Crippen LogP contribution in [0.5, 0.6) is 0 Å². The molecule has 0 aliphatic carbocycles. The van der Waals surface area contributed by atoms with Gasteiger partial charge in [-0.05, 0) is 24.1 Å². The number of carbonyl (C=O) groups is 1. The lowest BCUT2D eigenvalue weighted by Crippen LogP contribution is -2.60. The fraction of sp³-hybridized carbons (Fsp3) is 0.364. The van der Waals surface area contributed by atoms with E-state index in [9.17, 15) is 13.2 Å². The second-order valence-electron chi connectivity index (χ2n) is 7.36. The molecule has 166 valence electrons. The van der Waals surface area contributed by atoms with Crippen LogP contribution in [0.25, 0.3) is 0 Å². The molecule has 31 heavy (non-hydrogen) atoms. The van der Waals surface area contributed by atoms with Gasteiger partial charge in [0.1, 0.15) is 12.3 Å². The predicted molar refractivity (Wildman–Crippen MR) is 123 cm³/mol. The Kier molecular flexibility index (Phi) is 7.16. The highest BCUT2D eigenvalue weighted by molar-refractivity contribution is 7.83. The first-order valence-electron chi connectivity index (χ1n) is 10.3. The zero-order valence-corrected chi connectivity index (χ0v) is 19.5. The molecule has 2 aromatic carbocycles.